The van der Waals surface area contributed by atoms with E-state index in [1.807, 2.05) is 12.1 Å². The lowest BCUT2D eigenvalue weighted by Gasteiger charge is -2.36. The van der Waals surface area contributed by atoms with Gasteiger partial charge in [-0.05, 0) is 49.9 Å². The van der Waals surface area contributed by atoms with Crippen LogP contribution in [0.3, 0.4) is 0 Å². The molecule has 146 valence electrons. The number of hydrogen-bond donors (Lipinski definition) is 2. The van der Waals surface area contributed by atoms with Crippen molar-refractivity contribution in [2.24, 2.45) is 5.73 Å². The van der Waals surface area contributed by atoms with Crippen molar-refractivity contribution in [2.45, 2.75) is 58.7 Å². The van der Waals surface area contributed by atoms with Crippen LogP contribution >= 0.6 is 0 Å². The van der Waals surface area contributed by atoms with Gasteiger partial charge in [0.15, 0.2) is 0 Å². The third-order valence-corrected chi connectivity index (χ3v) is 4.77. The summed E-state index contributed by atoms with van der Waals surface area (Å²) in [6, 6.07) is 4.09. The van der Waals surface area contributed by atoms with Crippen LogP contribution < -0.4 is 15.8 Å². The number of aryl methyl sites for hydroxylation is 2. The topological polar surface area (TPSA) is 67.6 Å². The predicted octanol–water partition coefficient (Wildman–Crippen LogP) is 2.72. The molecule has 1 unspecified atom stereocenters. The Morgan fingerprint density at radius 1 is 1.35 bits per heavy atom. The summed E-state index contributed by atoms with van der Waals surface area (Å²) in [7, 11) is 0. The Morgan fingerprint density at radius 3 is 2.65 bits per heavy atom. The second-order valence-corrected chi connectivity index (χ2v) is 6.90. The fraction of sp³-hybridized carbons (Fsp3) is 0.632. The minimum absolute atomic E-state index is 0.0155. The maximum Gasteiger partial charge on any atom is 0.387 e. The van der Waals surface area contributed by atoms with Gasteiger partial charge >= 0.3 is 6.61 Å². The Hall–Kier alpha value is -1.73. The smallest absolute Gasteiger partial charge is 0.387 e. The Labute approximate surface area is 153 Å². The normalized spacial score (nSPS) is 18.2. The van der Waals surface area contributed by atoms with Gasteiger partial charge < -0.3 is 15.8 Å². The molecule has 0 aliphatic carbocycles. The molecule has 2 rings (SSSR count). The van der Waals surface area contributed by atoms with Crippen molar-refractivity contribution < 1.29 is 18.3 Å². The minimum atomic E-state index is -2.82. The molecule has 1 atom stereocenters. The molecule has 0 bridgehead atoms. The highest BCUT2D eigenvalue weighted by atomic mass is 19.3. The summed E-state index contributed by atoms with van der Waals surface area (Å²) in [4.78, 5) is 14.0. The Bertz CT molecular complexity index is 587. The summed E-state index contributed by atoms with van der Waals surface area (Å²) in [5, 5.41) is 2.96. The monoisotopic (exact) mass is 369 g/mol. The molecule has 0 radical (unpaired) electrons. The number of hydrogen-bond acceptors (Lipinski definition) is 4. The van der Waals surface area contributed by atoms with Crippen LogP contribution in [-0.2, 0) is 11.3 Å². The molecule has 1 heterocycles. The zero-order valence-corrected chi connectivity index (χ0v) is 15.6. The molecule has 1 aliphatic heterocycles. The van der Waals surface area contributed by atoms with Gasteiger partial charge in [0.2, 0.25) is 5.91 Å². The summed E-state index contributed by atoms with van der Waals surface area (Å²) in [6.45, 7) is 3.42. The maximum absolute atomic E-state index is 12.5. The van der Waals surface area contributed by atoms with Crippen LogP contribution in [0.5, 0.6) is 5.75 Å². The van der Waals surface area contributed by atoms with Crippen LogP contribution in [0.4, 0.5) is 8.78 Å². The number of nitrogens with two attached hydrogens (primary N) is 1. The molecule has 1 aromatic carbocycles. The number of likely N-dealkylation sites (tertiary alicyclic amines) is 1. The van der Waals surface area contributed by atoms with Crippen LogP contribution in [0.1, 0.15) is 42.4 Å². The van der Waals surface area contributed by atoms with Crippen molar-refractivity contribution in [1.29, 1.82) is 0 Å². The van der Waals surface area contributed by atoms with Gasteiger partial charge in [-0.3, -0.25) is 9.69 Å². The number of amides is 1. The first kappa shape index (κ1) is 20.6. The molecule has 0 saturated carbocycles. The Balaban J connectivity index is 2.03. The van der Waals surface area contributed by atoms with Crippen LogP contribution in [0.2, 0.25) is 0 Å². The van der Waals surface area contributed by atoms with Crippen LogP contribution in [0.15, 0.2) is 12.1 Å². The molecule has 1 fully saturated rings. The maximum atomic E-state index is 12.5. The molecule has 7 heteroatoms. The first-order valence-electron chi connectivity index (χ1n) is 9.16. The van der Waals surface area contributed by atoms with Gasteiger partial charge in [0.05, 0.1) is 0 Å². The summed E-state index contributed by atoms with van der Waals surface area (Å²) in [6.07, 6.45) is 3.65. The van der Waals surface area contributed by atoms with Crippen molar-refractivity contribution in [3.05, 3.63) is 28.8 Å². The number of halogens is 2. The number of rotatable bonds is 8. The summed E-state index contributed by atoms with van der Waals surface area (Å²) >= 11 is 0. The number of carbonyl (C=O) groups excluding carboxylic acids is 1. The van der Waals surface area contributed by atoms with Crippen molar-refractivity contribution in [1.82, 2.24) is 10.2 Å². The molecular formula is C19H29F2N3O2. The fourth-order valence-corrected chi connectivity index (χ4v) is 3.59. The average molecular weight is 369 g/mol. The summed E-state index contributed by atoms with van der Waals surface area (Å²) in [5.41, 5.74) is 7.91. The lowest BCUT2D eigenvalue weighted by molar-refractivity contribution is -0.121. The Kier molecular flexibility index (Phi) is 7.78. The largest absolute Gasteiger partial charge is 0.434 e. The van der Waals surface area contributed by atoms with Gasteiger partial charge in [0.25, 0.3) is 0 Å². The van der Waals surface area contributed by atoms with Gasteiger partial charge in [-0.2, -0.15) is 8.78 Å². The highest BCUT2D eigenvalue weighted by Crippen LogP contribution is 2.28. The molecular weight excluding hydrogens is 340 g/mol. The number of ether oxygens (including phenoxy) is 1. The molecule has 26 heavy (non-hydrogen) atoms. The van der Waals surface area contributed by atoms with E-state index in [2.05, 4.69) is 15.0 Å². The molecule has 3 N–H and O–H groups in total. The predicted molar refractivity (Wildman–Crippen MR) is 97.3 cm³/mol. The average Bonchev–Trinajstić information content (AvgIpc) is 2.57. The molecule has 1 aromatic rings. The van der Waals surface area contributed by atoms with Gasteiger partial charge in [0, 0.05) is 32.1 Å². The quantitative estimate of drug-likeness (QED) is 0.739. The number of nitrogens with zero attached hydrogens (tertiary/aromatic N) is 1. The summed E-state index contributed by atoms with van der Waals surface area (Å²) < 4.78 is 29.7. The number of piperidine rings is 1. The van der Waals surface area contributed by atoms with E-state index in [4.69, 9.17) is 5.73 Å². The van der Waals surface area contributed by atoms with E-state index >= 15 is 0 Å². The third-order valence-electron chi connectivity index (χ3n) is 4.77. The first-order chi connectivity index (χ1) is 12.4. The standard InChI is InChI=1S/C19H29F2N3O2/c1-13-9-15(10-14(2)18(13)26-19(20)21)12-24-8-4-3-5-16(24)11-23-17(25)6-7-22/h9-10,16,19H,3-8,11-12,22H2,1-2H3,(H,23,25). The van der Waals surface area contributed by atoms with E-state index in [0.717, 1.165) is 37.9 Å². The van der Waals surface area contributed by atoms with Gasteiger partial charge in [-0.1, -0.05) is 18.6 Å². The number of benzene rings is 1. The van der Waals surface area contributed by atoms with E-state index in [9.17, 15) is 13.6 Å². The van der Waals surface area contributed by atoms with Crippen molar-refractivity contribution in [3.63, 3.8) is 0 Å². The number of alkyl halides is 2. The molecule has 1 aliphatic rings. The van der Waals surface area contributed by atoms with Gasteiger partial charge in [0.1, 0.15) is 5.75 Å². The van der Waals surface area contributed by atoms with Gasteiger partial charge in [-0.25, -0.2) is 0 Å². The molecule has 1 amide bonds. The van der Waals surface area contributed by atoms with Crippen LogP contribution in [0.25, 0.3) is 0 Å². The highest BCUT2D eigenvalue weighted by molar-refractivity contribution is 5.76. The van der Waals surface area contributed by atoms with Gasteiger partial charge in [-0.15, -0.1) is 0 Å². The SMILES string of the molecule is Cc1cc(CN2CCCCC2CNC(=O)CCN)cc(C)c1OC(F)F. The zero-order valence-electron chi connectivity index (χ0n) is 15.6. The van der Waals surface area contributed by atoms with E-state index in [0.29, 0.717) is 30.6 Å². The second-order valence-electron chi connectivity index (χ2n) is 6.90. The third kappa shape index (κ3) is 5.92. The van der Waals surface area contributed by atoms with E-state index in [1.165, 1.54) is 0 Å². The molecule has 0 spiro atoms. The van der Waals surface area contributed by atoms with Crippen molar-refractivity contribution in [3.8, 4) is 5.75 Å². The summed E-state index contributed by atoms with van der Waals surface area (Å²) in [5.74, 6) is 0.242. The van der Waals surface area contributed by atoms with E-state index in [-0.39, 0.29) is 17.7 Å². The molecule has 0 aromatic heterocycles. The van der Waals surface area contributed by atoms with Crippen LogP contribution in [-0.4, -0.2) is 43.1 Å². The van der Waals surface area contributed by atoms with E-state index < -0.39 is 6.61 Å². The highest BCUT2D eigenvalue weighted by Gasteiger charge is 2.23. The van der Waals surface area contributed by atoms with Crippen molar-refractivity contribution >= 4 is 5.91 Å². The fourth-order valence-electron chi connectivity index (χ4n) is 3.59. The lowest BCUT2D eigenvalue weighted by Crippen LogP contribution is -2.46. The van der Waals surface area contributed by atoms with Crippen LogP contribution in [0, 0.1) is 13.8 Å². The number of carbonyl (C=O) groups is 1. The Morgan fingerprint density at radius 2 is 2.04 bits per heavy atom. The first-order valence-corrected chi connectivity index (χ1v) is 9.16. The zero-order chi connectivity index (χ0) is 19.1. The molecule has 1 saturated heterocycles. The second kappa shape index (κ2) is 9.83. The van der Waals surface area contributed by atoms with Crippen molar-refractivity contribution in [2.75, 3.05) is 19.6 Å². The molecule has 5 nitrogen and oxygen atoms in total. The lowest BCUT2D eigenvalue weighted by atomic mass is 9.99. The van der Waals surface area contributed by atoms with E-state index in [1.54, 1.807) is 13.8 Å². The minimum Gasteiger partial charge on any atom is -0.434 e. The number of nitrogens with one attached hydrogen (secondary N) is 1.